The van der Waals surface area contributed by atoms with Gasteiger partial charge in [0.2, 0.25) is 0 Å². The van der Waals surface area contributed by atoms with Gasteiger partial charge in [0.15, 0.2) is 5.69 Å². The molecule has 1 saturated heterocycles. The number of nitrogens with zero attached hydrogens (tertiary/aromatic N) is 2. The highest BCUT2D eigenvalue weighted by molar-refractivity contribution is 5.92. The molecule has 0 saturated carbocycles. The summed E-state index contributed by atoms with van der Waals surface area (Å²) < 4.78 is 57.1. The maximum atomic E-state index is 14.0. The molecule has 1 aliphatic rings. The van der Waals surface area contributed by atoms with E-state index in [1.54, 1.807) is 0 Å². The molecule has 6 nitrogen and oxygen atoms in total. The minimum atomic E-state index is -4.68. The van der Waals surface area contributed by atoms with Gasteiger partial charge in [0.05, 0.1) is 13.2 Å². The third-order valence-electron chi connectivity index (χ3n) is 3.97. The van der Waals surface area contributed by atoms with Gasteiger partial charge in [0, 0.05) is 36.7 Å². The largest absolute Gasteiger partial charge is 0.508 e. The summed E-state index contributed by atoms with van der Waals surface area (Å²) in [5.74, 6) is -1.69. The number of alkyl halides is 3. The van der Waals surface area contributed by atoms with E-state index in [0.717, 1.165) is 6.07 Å². The Morgan fingerprint density at radius 3 is 2.62 bits per heavy atom. The van der Waals surface area contributed by atoms with Crippen LogP contribution in [0.4, 0.5) is 17.6 Å². The van der Waals surface area contributed by atoms with E-state index in [0.29, 0.717) is 19.3 Å². The van der Waals surface area contributed by atoms with Crippen LogP contribution in [-0.2, 0) is 17.5 Å². The van der Waals surface area contributed by atoms with Gasteiger partial charge in [-0.05, 0) is 6.07 Å². The first-order valence-electron chi connectivity index (χ1n) is 7.71. The molecule has 0 unspecified atom stereocenters. The van der Waals surface area contributed by atoms with E-state index < -0.39 is 23.6 Å². The standard InChI is InChI=1S/C16H15F4N3O3/c17-12-3-11(24)2-1-10(12)6-23(5-9-7-26-8-9)15(25)13-4-14(22-21-13)16(18,19)20/h1-4,9,24H,5-8H2,(H,21,22). The normalized spacial score (nSPS) is 14.9. The summed E-state index contributed by atoms with van der Waals surface area (Å²) in [5.41, 5.74) is -1.41. The molecule has 1 aromatic carbocycles. The van der Waals surface area contributed by atoms with Gasteiger partial charge in [-0.2, -0.15) is 18.3 Å². The molecule has 1 aromatic heterocycles. The Bertz CT molecular complexity index is 802. The number of carbonyl (C=O) groups excluding carboxylic acids is 1. The third-order valence-corrected chi connectivity index (χ3v) is 3.97. The highest BCUT2D eigenvalue weighted by Gasteiger charge is 2.35. The number of hydrogen-bond acceptors (Lipinski definition) is 4. The number of phenols is 1. The van der Waals surface area contributed by atoms with Crippen molar-refractivity contribution in [1.29, 1.82) is 0 Å². The number of hydrogen-bond donors (Lipinski definition) is 2. The highest BCUT2D eigenvalue weighted by Crippen LogP contribution is 2.28. The first-order valence-corrected chi connectivity index (χ1v) is 7.71. The average molecular weight is 373 g/mol. The number of benzene rings is 1. The Balaban J connectivity index is 1.82. The number of carbonyl (C=O) groups is 1. The van der Waals surface area contributed by atoms with Crippen LogP contribution in [0.1, 0.15) is 21.7 Å². The van der Waals surface area contributed by atoms with Crippen molar-refractivity contribution in [2.24, 2.45) is 5.92 Å². The van der Waals surface area contributed by atoms with Crippen molar-refractivity contribution >= 4 is 5.91 Å². The second-order valence-electron chi connectivity index (χ2n) is 6.03. The minimum absolute atomic E-state index is 0.0177. The van der Waals surface area contributed by atoms with Crippen LogP contribution >= 0.6 is 0 Å². The molecule has 2 heterocycles. The van der Waals surface area contributed by atoms with Crippen LogP contribution < -0.4 is 0 Å². The second kappa shape index (κ2) is 6.94. The molecule has 26 heavy (non-hydrogen) atoms. The number of amides is 1. The lowest BCUT2D eigenvalue weighted by Crippen LogP contribution is -2.42. The molecular weight excluding hydrogens is 358 g/mol. The summed E-state index contributed by atoms with van der Waals surface area (Å²) in [4.78, 5) is 13.9. The lowest BCUT2D eigenvalue weighted by molar-refractivity contribution is -0.141. The number of halogens is 4. The number of ether oxygens (including phenoxy) is 1. The first-order chi connectivity index (χ1) is 12.2. The van der Waals surface area contributed by atoms with Gasteiger partial charge in [-0.15, -0.1) is 0 Å². The maximum absolute atomic E-state index is 14.0. The molecule has 0 bridgehead atoms. The fraction of sp³-hybridized carbons (Fsp3) is 0.375. The van der Waals surface area contributed by atoms with E-state index in [1.165, 1.54) is 17.0 Å². The molecule has 3 rings (SSSR count). The van der Waals surface area contributed by atoms with E-state index in [4.69, 9.17) is 4.74 Å². The van der Waals surface area contributed by atoms with Gasteiger partial charge in [-0.25, -0.2) is 4.39 Å². The predicted octanol–water partition coefficient (Wildman–Crippen LogP) is 2.56. The Hall–Kier alpha value is -2.62. The smallest absolute Gasteiger partial charge is 0.435 e. The van der Waals surface area contributed by atoms with E-state index >= 15 is 0 Å². The summed E-state index contributed by atoms with van der Waals surface area (Å²) in [5, 5.41) is 14.5. The van der Waals surface area contributed by atoms with Crippen LogP contribution in [0.25, 0.3) is 0 Å². The number of aromatic hydroxyl groups is 1. The van der Waals surface area contributed by atoms with Crippen molar-refractivity contribution < 1.29 is 32.2 Å². The Morgan fingerprint density at radius 2 is 2.08 bits per heavy atom. The van der Waals surface area contributed by atoms with Crippen LogP contribution in [-0.4, -0.2) is 45.9 Å². The highest BCUT2D eigenvalue weighted by atomic mass is 19.4. The summed E-state index contributed by atoms with van der Waals surface area (Å²) >= 11 is 0. The zero-order valence-corrected chi connectivity index (χ0v) is 13.4. The van der Waals surface area contributed by atoms with Crippen molar-refractivity contribution in [1.82, 2.24) is 15.1 Å². The van der Waals surface area contributed by atoms with Crippen molar-refractivity contribution in [2.45, 2.75) is 12.7 Å². The molecule has 0 spiro atoms. The average Bonchev–Trinajstić information content (AvgIpc) is 3.01. The van der Waals surface area contributed by atoms with Crippen LogP contribution in [0.5, 0.6) is 5.75 Å². The monoisotopic (exact) mass is 373 g/mol. The molecule has 140 valence electrons. The molecule has 2 aromatic rings. The van der Waals surface area contributed by atoms with E-state index in [-0.39, 0.29) is 36.0 Å². The van der Waals surface area contributed by atoms with Crippen LogP contribution in [0.15, 0.2) is 24.3 Å². The number of aromatic amines is 1. The number of nitrogens with one attached hydrogen (secondary N) is 1. The van der Waals surface area contributed by atoms with Gasteiger partial charge in [0.25, 0.3) is 5.91 Å². The molecule has 0 atom stereocenters. The number of phenolic OH excluding ortho intramolecular Hbond substituents is 1. The summed E-state index contributed by atoms with van der Waals surface area (Å²) in [7, 11) is 0. The molecule has 1 aliphatic heterocycles. The fourth-order valence-electron chi connectivity index (χ4n) is 2.54. The molecule has 1 fully saturated rings. The summed E-state index contributed by atoms with van der Waals surface area (Å²) in [6.07, 6.45) is -4.68. The van der Waals surface area contributed by atoms with Gasteiger partial charge < -0.3 is 14.7 Å². The second-order valence-corrected chi connectivity index (χ2v) is 6.03. The molecule has 2 N–H and O–H groups in total. The molecular formula is C16H15F4N3O3. The van der Waals surface area contributed by atoms with Gasteiger partial charge in [-0.3, -0.25) is 9.89 Å². The van der Waals surface area contributed by atoms with Crippen molar-refractivity contribution in [3.63, 3.8) is 0 Å². The molecule has 10 heteroatoms. The number of H-pyrrole nitrogens is 1. The van der Waals surface area contributed by atoms with Gasteiger partial charge >= 0.3 is 6.18 Å². The van der Waals surface area contributed by atoms with Crippen molar-refractivity contribution in [3.05, 3.63) is 47.0 Å². The first kappa shape index (κ1) is 18.2. The Labute approximate surface area is 145 Å². The minimum Gasteiger partial charge on any atom is -0.508 e. The van der Waals surface area contributed by atoms with Crippen LogP contribution in [0, 0.1) is 11.7 Å². The SMILES string of the molecule is O=C(c1cc(C(F)(F)F)n[nH]1)N(Cc1ccc(O)cc1F)CC1COC1. The molecule has 0 radical (unpaired) electrons. The zero-order chi connectivity index (χ0) is 18.9. The quantitative estimate of drug-likeness (QED) is 0.790. The number of rotatable bonds is 5. The van der Waals surface area contributed by atoms with Gasteiger partial charge in [0.1, 0.15) is 17.3 Å². The molecule has 1 amide bonds. The summed E-state index contributed by atoms with van der Waals surface area (Å²) in [6.45, 7) is 0.860. The lowest BCUT2D eigenvalue weighted by atomic mass is 10.1. The number of aromatic nitrogens is 2. The van der Waals surface area contributed by atoms with Crippen LogP contribution in [0.2, 0.25) is 0 Å². The Morgan fingerprint density at radius 1 is 1.35 bits per heavy atom. The van der Waals surface area contributed by atoms with Gasteiger partial charge in [-0.1, -0.05) is 6.07 Å². The van der Waals surface area contributed by atoms with E-state index in [1.807, 2.05) is 0 Å². The van der Waals surface area contributed by atoms with Crippen LogP contribution in [0.3, 0.4) is 0 Å². The van der Waals surface area contributed by atoms with Crippen molar-refractivity contribution in [2.75, 3.05) is 19.8 Å². The zero-order valence-electron chi connectivity index (χ0n) is 13.4. The molecule has 0 aliphatic carbocycles. The summed E-state index contributed by atoms with van der Waals surface area (Å²) in [6, 6.07) is 4.12. The predicted molar refractivity (Wildman–Crippen MR) is 80.7 cm³/mol. The van der Waals surface area contributed by atoms with Crippen molar-refractivity contribution in [3.8, 4) is 5.75 Å². The van der Waals surface area contributed by atoms with E-state index in [9.17, 15) is 27.5 Å². The maximum Gasteiger partial charge on any atom is 0.435 e. The third kappa shape index (κ3) is 3.96. The van der Waals surface area contributed by atoms with E-state index in [2.05, 4.69) is 10.2 Å². The Kier molecular flexibility index (Phi) is 4.86. The topological polar surface area (TPSA) is 78.5 Å². The fourth-order valence-corrected chi connectivity index (χ4v) is 2.54. The lowest BCUT2D eigenvalue weighted by Gasteiger charge is -2.32.